The highest BCUT2D eigenvalue weighted by atomic mass is 32.2. The number of anilines is 1. The molecule has 0 aliphatic carbocycles. The van der Waals surface area contributed by atoms with Crippen molar-refractivity contribution in [2.75, 3.05) is 18.6 Å². The third-order valence-electron chi connectivity index (χ3n) is 5.20. The summed E-state index contributed by atoms with van der Waals surface area (Å²) in [5, 5.41) is -0.669. The standard InChI is InChI=1S/C21H24FNO4S/c1-13(2)28(25,26)15-8-9-18(22)17(12-15)21(24)23-11-10-14(3)16-6-5-7-19(27-4)20(16)23/h5-9,12-14H,10-11H2,1-4H3. The van der Waals surface area contributed by atoms with E-state index in [9.17, 15) is 17.6 Å². The maximum atomic E-state index is 14.5. The number of sulfone groups is 1. The number of hydrogen-bond acceptors (Lipinski definition) is 4. The van der Waals surface area contributed by atoms with Crippen LogP contribution in [0.5, 0.6) is 5.75 Å². The van der Waals surface area contributed by atoms with Crippen LogP contribution in [0.3, 0.4) is 0 Å². The number of amides is 1. The molecule has 7 heteroatoms. The quantitative estimate of drug-likeness (QED) is 0.716. The second kappa shape index (κ2) is 7.54. The Morgan fingerprint density at radius 3 is 2.61 bits per heavy atom. The molecular formula is C21H24FNO4S. The van der Waals surface area contributed by atoms with Crippen molar-refractivity contribution in [3.63, 3.8) is 0 Å². The Labute approximate surface area is 165 Å². The van der Waals surface area contributed by atoms with Crippen LogP contribution >= 0.6 is 0 Å². The highest BCUT2D eigenvalue weighted by Gasteiger charge is 2.32. The van der Waals surface area contributed by atoms with Crippen LogP contribution in [-0.4, -0.2) is 33.2 Å². The van der Waals surface area contributed by atoms with Gasteiger partial charge in [-0.1, -0.05) is 19.1 Å². The summed E-state index contributed by atoms with van der Waals surface area (Å²) in [5.74, 6) is -0.561. The highest BCUT2D eigenvalue weighted by molar-refractivity contribution is 7.92. The van der Waals surface area contributed by atoms with Crippen LogP contribution in [0.15, 0.2) is 41.3 Å². The maximum absolute atomic E-state index is 14.5. The summed E-state index contributed by atoms with van der Waals surface area (Å²) in [4.78, 5) is 14.7. The van der Waals surface area contributed by atoms with Crippen LogP contribution in [-0.2, 0) is 9.84 Å². The van der Waals surface area contributed by atoms with Gasteiger partial charge >= 0.3 is 0 Å². The van der Waals surface area contributed by atoms with Gasteiger partial charge in [0.15, 0.2) is 9.84 Å². The van der Waals surface area contributed by atoms with Crippen molar-refractivity contribution in [3.05, 3.63) is 53.3 Å². The fourth-order valence-electron chi connectivity index (χ4n) is 3.45. The van der Waals surface area contributed by atoms with Gasteiger partial charge in [0.2, 0.25) is 0 Å². The molecule has 3 rings (SSSR count). The van der Waals surface area contributed by atoms with Crippen molar-refractivity contribution >= 4 is 21.4 Å². The second-order valence-corrected chi connectivity index (χ2v) is 9.78. The van der Waals surface area contributed by atoms with Gasteiger partial charge in [0.1, 0.15) is 11.6 Å². The Morgan fingerprint density at radius 2 is 1.96 bits per heavy atom. The second-order valence-electron chi connectivity index (χ2n) is 7.28. The summed E-state index contributed by atoms with van der Waals surface area (Å²) in [5.41, 5.74) is 1.31. The summed E-state index contributed by atoms with van der Waals surface area (Å²) in [6, 6.07) is 8.93. The van der Waals surface area contributed by atoms with E-state index >= 15 is 0 Å². The Bertz CT molecular complexity index is 1020. The van der Waals surface area contributed by atoms with E-state index in [2.05, 4.69) is 6.92 Å². The normalized spacial score (nSPS) is 16.8. The molecule has 0 saturated heterocycles. The molecule has 1 unspecified atom stereocenters. The molecule has 1 aliphatic heterocycles. The van der Waals surface area contributed by atoms with Crippen LogP contribution in [0.4, 0.5) is 10.1 Å². The number of methoxy groups -OCH3 is 1. The first-order chi connectivity index (χ1) is 13.2. The summed E-state index contributed by atoms with van der Waals surface area (Å²) < 4.78 is 44.9. The van der Waals surface area contributed by atoms with E-state index in [4.69, 9.17) is 4.74 Å². The number of rotatable bonds is 4. The van der Waals surface area contributed by atoms with Crippen LogP contribution in [0.1, 0.15) is 49.0 Å². The monoisotopic (exact) mass is 405 g/mol. The number of benzene rings is 2. The van der Waals surface area contributed by atoms with E-state index in [0.29, 0.717) is 18.0 Å². The molecule has 1 atom stereocenters. The highest BCUT2D eigenvalue weighted by Crippen LogP contribution is 2.42. The van der Waals surface area contributed by atoms with Gasteiger partial charge in [-0.25, -0.2) is 12.8 Å². The van der Waals surface area contributed by atoms with Crippen molar-refractivity contribution in [1.82, 2.24) is 0 Å². The molecule has 1 amide bonds. The minimum absolute atomic E-state index is 0.0575. The molecule has 0 saturated carbocycles. The zero-order valence-electron chi connectivity index (χ0n) is 16.4. The predicted octanol–water partition coefficient (Wildman–Crippen LogP) is 4.17. The molecule has 0 N–H and O–H groups in total. The number of fused-ring (bicyclic) bond motifs is 1. The minimum atomic E-state index is -3.62. The molecule has 5 nitrogen and oxygen atoms in total. The van der Waals surface area contributed by atoms with E-state index in [1.165, 1.54) is 18.1 Å². The molecule has 0 spiro atoms. The van der Waals surface area contributed by atoms with Crippen molar-refractivity contribution < 1.29 is 22.3 Å². The fourth-order valence-corrected chi connectivity index (χ4v) is 4.53. The predicted molar refractivity (Wildman–Crippen MR) is 106 cm³/mol. The zero-order valence-corrected chi connectivity index (χ0v) is 17.2. The summed E-state index contributed by atoms with van der Waals surface area (Å²) in [6.07, 6.45) is 0.720. The third-order valence-corrected chi connectivity index (χ3v) is 7.35. The van der Waals surface area contributed by atoms with Crippen LogP contribution in [0.25, 0.3) is 0 Å². The zero-order chi connectivity index (χ0) is 20.6. The summed E-state index contributed by atoms with van der Waals surface area (Å²) in [7, 11) is -2.10. The molecule has 2 aromatic carbocycles. The topological polar surface area (TPSA) is 63.7 Å². The molecule has 0 radical (unpaired) electrons. The minimum Gasteiger partial charge on any atom is -0.495 e. The van der Waals surface area contributed by atoms with Gasteiger partial charge < -0.3 is 9.64 Å². The number of ether oxygens (including phenoxy) is 1. The number of halogens is 1. The SMILES string of the molecule is COc1cccc2c1N(C(=O)c1cc(S(=O)(=O)C(C)C)ccc1F)CCC2C. The lowest BCUT2D eigenvalue weighted by Crippen LogP contribution is -2.37. The lowest BCUT2D eigenvalue weighted by Gasteiger charge is -2.34. The summed E-state index contributed by atoms with van der Waals surface area (Å²) in [6.45, 7) is 5.56. The van der Waals surface area contributed by atoms with Gasteiger partial charge in [0.05, 0.1) is 28.5 Å². The molecule has 0 fully saturated rings. The van der Waals surface area contributed by atoms with E-state index in [-0.39, 0.29) is 16.4 Å². The smallest absolute Gasteiger partial charge is 0.261 e. The Hall–Kier alpha value is -2.41. The van der Waals surface area contributed by atoms with Gasteiger partial charge in [-0.2, -0.15) is 0 Å². The van der Waals surface area contributed by atoms with Gasteiger partial charge in [0, 0.05) is 6.54 Å². The molecular weight excluding hydrogens is 381 g/mol. The summed E-state index contributed by atoms with van der Waals surface area (Å²) >= 11 is 0. The number of para-hydroxylation sites is 1. The lowest BCUT2D eigenvalue weighted by molar-refractivity contribution is 0.0979. The van der Waals surface area contributed by atoms with E-state index in [1.807, 2.05) is 12.1 Å². The number of nitrogens with zero attached hydrogens (tertiary/aromatic N) is 1. The molecule has 2 aromatic rings. The molecule has 0 bridgehead atoms. The number of carbonyl (C=O) groups excluding carboxylic acids is 1. The van der Waals surface area contributed by atoms with Crippen molar-refractivity contribution in [1.29, 1.82) is 0 Å². The van der Waals surface area contributed by atoms with E-state index < -0.39 is 26.8 Å². The van der Waals surface area contributed by atoms with Crippen LogP contribution < -0.4 is 9.64 Å². The van der Waals surface area contributed by atoms with Gasteiger partial charge in [-0.05, 0) is 56.0 Å². The van der Waals surface area contributed by atoms with E-state index in [1.54, 1.807) is 19.9 Å². The van der Waals surface area contributed by atoms with Crippen molar-refractivity contribution in [3.8, 4) is 5.75 Å². The first-order valence-corrected chi connectivity index (χ1v) is 10.7. The van der Waals surface area contributed by atoms with E-state index in [0.717, 1.165) is 24.1 Å². The first-order valence-electron chi connectivity index (χ1n) is 9.20. The molecule has 1 heterocycles. The maximum Gasteiger partial charge on any atom is 0.261 e. The largest absolute Gasteiger partial charge is 0.495 e. The average Bonchev–Trinajstić information content (AvgIpc) is 2.67. The van der Waals surface area contributed by atoms with Gasteiger partial charge in [-0.3, -0.25) is 4.79 Å². The Morgan fingerprint density at radius 1 is 1.25 bits per heavy atom. The van der Waals surface area contributed by atoms with Crippen LogP contribution in [0.2, 0.25) is 0 Å². The Balaban J connectivity index is 2.11. The number of carbonyl (C=O) groups is 1. The average molecular weight is 405 g/mol. The van der Waals surface area contributed by atoms with Crippen molar-refractivity contribution in [2.45, 2.75) is 43.3 Å². The Kier molecular flexibility index (Phi) is 5.48. The molecule has 0 aromatic heterocycles. The van der Waals surface area contributed by atoms with Crippen LogP contribution in [0, 0.1) is 5.82 Å². The fraction of sp³-hybridized carbons (Fsp3) is 0.381. The van der Waals surface area contributed by atoms with Crippen molar-refractivity contribution in [2.24, 2.45) is 0 Å². The lowest BCUT2D eigenvalue weighted by atomic mass is 9.90. The third kappa shape index (κ3) is 3.39. The number of hydrogen-bond donors (Lipinski definition) is 0. The molecule has 150 valence electrons. The molecule has 28 heavy (non-hydrogen) atoms. The van der Waals surface area contributed by atoms with Gasteiger partial charge in [0.25, 0.3) is 5.91 Å². The van der Waals surface area contributed by atoms with Gasteiger partial charge in [-0.15, -0.1) is 0 Å². The first kappa shape index (κ1) is 20.3. The molecule has 1 aliphatic rings.